The third-order valence-corrected chi connectivity index (χ3v) is 2.84. The molecule has 1 aromatic carbocycles. The molecule has 0 spiro atoms. The normalized spacial score (nSPS) is 10.1. The van der Waals surface area contributed by atoms with Gasteiger partial charge in [0, 0.05) is 5.56 Å². The van der Waals surface area contributed by atoms with E-state index in [4.69, 9.17) is 10.00 Å². The highest BCUT2D eigenvalue weighted by molar-refractivity contribution is 5.89. The Labute approximate surface area is 121 Å². The van der Waals surface area contributed by atoms with Crippen molar-refractivity contribution in [3.63, 3.8) is 0 Å². The molecule has 1 aromatic heterocycles. The van der Waals surface area contributed by atoms with Crippen LogP contribution in [0.1, 0.15) is 23.8 Å². The summed E-state index contributed by atoms with van der Waals surface area (Å²) in [5.74, 6) is -0.829. The molecule has 21 heavy (non-hydrogen) atoms. The number of esters is 1. The maximum Gasteiger partial charge on any atom is 0.356 e. The van der Waals surface area contributed by atoms with Crippen molar-refractivity contribution >= 4 is 5.97 Å². The van der Waals surface area contributed by atoms with E-state index in [0.717, 1.165) is 0 Å². The van der Waals surface area contributed by atoms with Gasteiger partial charge >= 0.3 is 5.97 Å². The summed E-state index contributed by atoms with van der Waals surface area (Å²) in [6.07, 6.45) is 0.233. The summed E-state index contributed by atoms with van der Waals surface area (Å²) < 4.78 is 19.4. The van der Waals surface area contributed by atoms with E-state index in [2.05, 4.69) is 5.10 Å². The Bertz CT molecular complexity index is 671. The summed E-state index contributed by atoms with van der Waals surface area (Å²) >= 11 is 0. The molecule has 0 N–H and O–H groups in total. The van der Waals surface area contributed by atoms with Gasteiger partial charge in [0.15, 0.2) is 0 Å². The predicted octanol–water partition coefficient (Wildman–Crippen LogP) is 2.78. The molecule has 0 aliphatic rings. The number of carbonyl (C=O) groups excluding carboxylic acids is 1. The minimum atomic E-state index is -0.490. The Kier molecular flexibility index (Phi) is 4.67. The monoisotopic (exact) mass is 287 g/mol. The van der Waals surface area contributed by atoms with Crippen molar-refractivity contribution in [1.29, 1.82) is 5.26 Å². The number of hydrogen-bond acceptors (Lipinski definition) is 4. The second kappa shape index (κ2) is 6.66. The van der Waals surface area contributed by atoms with E-state index in [1.54, 1.807) is 25.1 Å². The molecule has 0 aliphatic heterocycles. The van der Waals surface area contributed by atoms with Gasteiger partial charge in [-0.05, 0) is 37.3 Å². The highest BCUT2D eigenvalue weighted by atomic mass is 19.1. The molecule has 0 saturated heterocycles. The first kappa shape index (κ1) is 14.7. The molecule has 0 fully saturated rings. The number of hydrogen-bond donors (Lipinski definition) is 0. The maximum absolute atomic E-state index is 12.9. The molecular formula is C15H14FN3O2. The van der Waals surface area contributed by atoms with Gasteiger partial charge in [0.2, 0.25) is 0 Å². The SMILES string of the molecule is CCOC(=O)c1cc(-c2ccc(F)cc2)nn1CCC#N. The molecule has 0 saturated carbocycles. The Morgan fingerprint density at radius 3 is 2.76 bits per heavy atom. The lowest BCUT2D eigenvalue weighted by molar-refractivity contribution is 0.0512. The van der Waals surface area contributed by atoms with Crippen LogP contribution in [0, 0.1) is 17.1 Å². The average Bonchev–Trinajstić information content (AvgIpc) is 2.90. The van der Waals surface area contributed by atoms with Crippen LogP contribution in [0.3, 0.4) is 0 Å². The Hall–Kier alpha value is -2.68. The molecule has 1 heterocycles. The van der Waals surface area contributed by atoms with Crippen LogP contribution in [-0.2, 0) is 11.3 Å². The second-order valence-electron chi connectivity index (χ2n) is 4.27. The van der Waals surface area contributed by atoms with Gasteiger partial charge in [-0.3, -0.25) is 4.68 Å². The first-order valence-electron chi connectivity index (χ1n) is 6.53. The van der Waals surface area contributed by atoms with E-state index in [-0.39, 0.29) is 24.5 Å². The van der Waals surface area contributed by atoms with Crippen LogP contribution in [0.4, 0.5) is 4.39 Å². The van der Waals surface area contributed by atoms with Crippen LogP contribution >= 0.6 is 0 Å². The predicted molar refractivity (Wildman–Crippen MR) is 73.8 cm³/mol. The van der Waals surface area contributed by atoms with Gasteiger partial charge in [0.05, 0.1) is 31.3 Å². The summed E-state index contributed by atoms with van der Waals surface area (Å²) in [6.45, 7) is 2.27. The van der Waals surface area contributed by atoms with Gasteiger partial charge in [0.25, 0.3) is 0 Å². The van der Waals surface area contributed by atoms with Crippen molar-refractivity contribution < 1.29 is 13.9 Å². The number of nitriles is 1. The zero-order chi connectivity index (χ0) is 15.2. The summed E-state index contributed by atoms with van der Waals surface area (Å²) in [4.78, 5) is 11.9. The van der Waals surface area contributed by atoms with Crippen LogP contribution in [0.15, 0.2) is 30.3 Å². The van der Waals surface area contributed by atoms with Gasteiger partial charge in [-0.2, -0.15) is 10.4 Å². The number of aryl methyl sites for hydroxylation is 1. The first-order valence-corrected chi connectivity index (χ1v) is 6.53. The van der Waals surface area contributed by atoms with E-state index in [1.807, 2.05) is 6.07 Å². The zero-order valence-corrected chi connectivity index (χ0v) is 11.5. The molecular weight excluding hydrogens is 273 g/mol. The Balaban J connectivity index is 2.37. The topological polar surface area (TPSA) is 67.9 Å². The van der Waals surface area contributed by atoms with E-state index in [0.29, 0.717) is 17.8 Å². The quantitative estimate of drug-likeness (QED) is 0.793. The number of ether oxygens (including phenoxy) is 1. The summed E-state index contributed by atoms with van der Waals surface area (Å²) in [7, 11) is 0. The smallest absolute Gasteiger partial charge is 0.356 e. The number of halogens is 1. The minimum absolute atomic E-state index is 0.233. The van der Waals surface area contributed by atoms with Crippen LogP contribution in [0.25, 0.3) is 11.3 Å². The standard InChI is InChI=1S/C15H14FN3O2/c1-2-21-15(20)14-10-13(18-19(14)9-3-8-17)11-4-6-12(16)7-5-11/h4-7,10H,2-3,9H2,1H3. The number of nitrogens with zero attached hydrogens (tertiary/aromatic N) is 3. The highest BCUT2D eigenvalue weighted by Gasteiger charge is 2.17. The molecule has 2 aromatic rings. The molecule has 5 nitrogen and oxygen atoms in total. The second-order valence-corrected chi connectivity index (χ2v) is 4.27. The summed E-state index contributed by atoms with van der Waals surface area (Å²) in [6, 6.07) is 9.42. The molecule has 0 unspecified atom stereocenters. The minimum Gasteiger partial charge on any atom is -0.461 e. The van der Waals surface area contributed by atoms with Gasteiger partial charge < -0.3 is 4.74 Å². The van der Waals surface area contributed by atoms with Crippen LogP contribution < -0.4 is 0 Å². The molecule has 0 amide bonds. The van der Waals surface area contributed by atoms with Gasteiger partial charge in [-0.1, -0.05) is 0 Å². The van der Waals surface area contributed by atoms with Gasteiger partial charge in [-0.25, -0.2) is 9.18 Å². The molecule has 0 radical (unpaired) electrons. The highest BCUT2D eigenvalue weighted by Crippen LogP contribution is 2.20. The lowest BCUT2D eigenvalue weighted by atomic mass is 10.1. The fourth-order valence-corrected chi connectivity index (χ4v) is 1.87. The number of rotatable bonds is 5. The maximum atomic E-state index is 12.9. The molecule has 6 heteroatoms. The fourth-order valence-electron chi connectivity index (χ4n) is 1.87. The van der Waals surface area contributed by atoms with E-state index in [9.17, 15) is 9.18 Å². The molecule has 0 atom stereocenters. The third-order valence-electron chi connectivity index (χ3n) is 2.84. The lowest BCUT2D eigenvalue weighted by Crippen LogP contribution is -2.13. The van der Waals surface area contributed by atoms with Gasteiger partial charge in [0.1, 0.15) is 11.5 Å². The van der Waals surface area contributed by atoms with Crippen molar-refractivity contribution in [3.05, 3.63) is 41.8 Å². The van der Waals surface area contributed by atoms with E-state index in [1.165, 1.54) is 16.8 Å². The third kappa shape index (κ3) is 3.45. The average molecular weight is 287 g/mol. The van der Waals surface area contributed by atoms with E-state index >= 15 is 0 Å². The lowest BCUT2D eigenvalue weighted by Gasteiger charge is -2.03. The van der Waals surface area contributed by atoms with Gasteiger partial charge in [-0.15, -0.1) is 0 Å². The largest absolute Gasteiger partial charge is 0.461 e. The van der Waals surface area contributed by atoms with Crippen LogP contribution in [0.5, 0.6) is 0 Å². The van der Waals surface area contributed by atoms with Crippen molar-refractivity contribution in [1.82, 2.24) is 9.78 Å². The van der Waals surface area contributed by atoms with E-state index < -0.39 is 5.97 Å². The van der Waals surface area contributed by atoms with Crippen LogP contribution in [-0.4, -0.2) is 22.4 Å². The molecule has 108 valence electrons. The first-order chi connectivity index (χ1) is 10.2. The van der Waals surface area contributed by atoms with Crippen molar-refractivity contribution in [2.75, 3.05) is 6.61 Å². The van der Waals surface area contributed by atoms with Crippen molar-refractivity contribution in [2.24, 2.45) is 0 Å². The van der Waals surface area contributed by atoms with Crippen molar-refractivity contribution in [2.45, 2.75) is 19.9 Å². The number of aromatic nitrogens is 2. The Morgan fingerprint density at radius 2 is 2.14 bits per heavy atom. The zero-order valence-electron chi connectivity index (χ0n) is 11.5. The summed E-state index contributed by atoms with van der Waals surface area (Å²) in [5.41, 5.74) is 1.51. The number of carbonyl (C=O) groups is 1. The fraction of sp³-hybridized carbons (Fsp3) is 0.267. The number of benzene rings is 1. The summed E-state index contributed by atoms with van der Waals surface area (Å²) in [5, 5.41) is 13.0. The van der Waals surface area contributed by atoms with Crippen LogP contribution in [0.2, 0.25) is 0 Å². The molecule has 2 rings (SSSR count). The van der Waals surface area contributed by atoms with Crippen molar-refractivity contribution in [3.8, 4) is 17.3 Å². The Morgan fingerprint density at radius 1 is 1.43 bits per heavy atom. The molecule has 0 aliphatic carbocycles. The molecule has 0 bridgehead atoms.